The quantitative estimate of drug-likeness (QED) is 0.781. The highest BCUT2D eigenvalue weighted by atomic mass is 32.2. The van der Waals surface area contributed by atoms with Crippen LogP contribution in [0.2, 0.25) is 0 Å². The van der Waals surface area contributed by atoms with E-state index in [4.69, 9.17) is 4.74 Å². The van der Waals surface area contributed by atoms with Gasteiger partial charge in [0.1, 0.15) is 5.75 Å². The molecule has 0 saturated carbocycles. The zero-order valence-corrected chi connectivity index (χ0v) is 15.7. The summed E-state index contributed by atoms with van der Waals surface area (Å²) in [4.78, 5) is 14.2. The summed E-state index contributed by atoms with van der Waals surface area (Å²) in [6.07, 6.45) is -0.559. The van der Waals surface area contributed by atoms with Crippen molar-refractivity contribution in [3.05, 3.63) is 65.7 Å². The van der Waals surface area contributed by atoms with Crippen molar-refractivity contribution < 1.29 is 14.6 Å². The monoisotopic (exact) mass is 359 g/mol. The van der Waals surface area contributed by atoms with Crippen LogP contribution >= 0.6 is 11.8 Å². The van der Waals surface area contributed by atoms with Crippen LogP contribution < -0.4 is 4.74 Å². The molecule has 134 valence electrons. The van der Waals surface area contributed by atoms with Gasteiger partial charge in [-0.05, 0) is 18.6 Å². The largest absolute Gasteiger partial charge is 0.496 e. The van der Waals surface area contributed by atoms with Gasteiger partial charge in [0.25, 0.3) is 0 Å². The van der Waals surface area contributed by atoms with E-state index in [1.165, 1.54) is 11.8 Å². The lowest BCUT2D eigenvalue weighted by atomic mass is 10.1. The first-order chi connectivity index (χ1) is 12.0. The molecule has 0 aliphatic carbocycles. The topological polar surface area (TPSA) is 49.8 Å². The molecule has 0 aromatic heterocycles. The number of para-hydroxylation sites is 1. The molecule has 0 heterocycles. The predicted octanol–water partition coefficient (Wildman–Crippen LogP) is 3.68. The maximum absolute atomic E-state index is 12.5. The molecule has 5 heteroatoms. The molecule has 0 radical (unpaired) electrons. The minimum absolute atomic E-state index is 0.0312. The van der Waals surface area contributed by atoms with E-state index in [0.717, 1.165) is 16.9 Å². The Hall–Kier alpha value is -1.98. The summed E-state index contributed by atoms with van der Waals surface area (Å²) in [6, 6.07) is 17.1. The lowest BCUT2D eigenvalue weighted by Crippen LogP contribution is -2.31. The zero-order chi connectivity index (χ0) is 18.2. The minimum Gasteiger partial charge on any atom is -0.496 e. The van der Waals surface area contributed by atoms with E-state index in [0.29, 0.717) is 11.5 Å². The molecule has 1 N–H and O–H groups in total. The second-order valence-corrected chi connectivity index (χ2v) is 6.89. The van der Waals surface area contributed by atoms with Crippen LogP contribution in [0.15, 0.2) is 54.6 Å². The van der Waals surface area contributed by atoms with Crippen LogP contribution in [0.25, 0.3) is 0 Å². The summed E-state index contributed by atoms with van der Waals surface area (Å²) in [5, 5.41) is 10.2. The smallest absolute Gasteiger partial charge is 0.232 e. The SMILES string of the molecule is COc1ccccc1C(C)N(C)C(=O)CSCC(O)c1ccccc1. The van der Waals surface area contributed by atoms with Crippen molar-refractivity contribution in [2.24, 2.45) is 0 Å². The number of thioether (sulfide) groups is 1. The standard InChI is InChI=1S/C20H25NO3S/c1-15(17-11-7-8-12-19(17)24-3)21(2)20(23)14-25-13-18(22)16-9-5-4-6-10-16/h4-12,15,18,22H,13-14H2,1-3H3. The maximum Gasteiger partial charge on any atom is 0.232 e. The van der Waals surface area contributed by atoms with E-state index >= 15 is 0 Å². The molecule has 0 saturated heterocycles. The molecule has 2 aromatic rings. The third-order valence-corrected chi connectivity index (χ3v) is 5.25. The Morgan fingerprint density at radius 2 is 1.80 bits per heavy atom. The molecular weight excluding hydrogens is 334 g/mol. The van der Waals surface area contributed by atoms with Crippen LogP contribution in [-0.4, -0.2) is 41.6 Å². The highest BCUT2D eigenvalue weighted by molar-refractivity contribution is 7.99. The van der Waals surface area contributed by atoms with Gasteiger partial charge in [-0.1, -0.05) is 48.5 Å². The number of nitrogens with zero attached hydrogens (tertiary/aromatic N) is 1. The van der Waals surface area contributed by atoms with E-state index in [1.54, 1.807) is 19.1 Å². The number of ether oxygens (including phenoxy) is 1. The van der Waals surface area contributed by atoms with Crippen molar-refractivity contribution in [1.82, 2.24) is 4.90 Å². The second-order valence-electron chi connectivity index (χ2n) is 5.86. The molecule has 0 aliphatic heterocycles. The first-order valence-electron chi connectivity index (χ1n) is 8.24. The van der Waals surface area contributed by atoms with Gasteiger partial charge in [0.2, 0.25) is 5.91 Å². The molecule has 2 unspecified atom stereocenters. The van der Waals surface area contributed by atoms with Crippen LogP contribution in [0.1, 0.15) is 30.2 Å². The number of hydrogen-bond acceptors (Lipinski definition) is 4. The summed E-state index contributed by atoms with van der Waals surface area (Å²) >= 11 is 1.44. The van der Waals surface area contributed by atoms with Crippen molar-refractivity contribution in [2.45, 2.75) is 19.1 Å². The Morgan fingerprint density at radius 3 is 2.48 bits per heavy atom. The molecule has 0 fully saturated rings. The van der Waals surface area contributed by atoms with Crippen molar-refractivity contribution in [2.75, 3.05) is 25.7 Å². The Kier molecular flexibility index (Phi) is 7.34. The minimum atomic E-state index is -0.559. The van der Waals surface area contributed by atoms with Crippen molar-refractivity contribution in [3.8, 4) is 5.75 Å². The molecule has 25 heavy (non-hydrogen) atoms. The third-order valence-electron chi connectivity index (χ3n) is 4.25. The summed E-state index contributed by atoms with van der Waals surface area (Å²) in [6.45, 7) is 1.99. The summed E-state index contributed by atoms with van der Waals surface area (Å²) in [5.41, 5.74) is 1.85. The van der Waals surface area contributed by atoms with Crippen molar-refractivity contribution in [1.29, 1.82) is 0 Å². The van der Waals surface area contributed by atoms with Gasteiger partial charge < -0.3 is 14.7 Å². The molecule has 2 atom stereocenters. The Morgan fingerprint density at radius 1 is 1.16 bits per heavy atom. The van der Waals surface area contributed by atoms with Crippen LogP contribution in [0.4, 0.5) is 0 Å². The van der Waals surface area contributed by atoms with E-state index in [-0.39, 0.29) is 11.9 Å². The van der Waals surface area contributed by atoms with E-state index < -0.39 is 6.10 Å². The van der Waals surface area contributed by atoms with E-state index in [2.05, 4.69) is 0 Å². The number of carbonyl (C=O) groups excluding carboxylic acids is 1. The van der Waals surface area contributed by atoms with Gasteiger partial charge in [-0.25, -0.2) is 0 Å². The third kappa shape index (κ3) is 5.25. The molecule has 2 aromatic carbocycles. The van der Waals surface area contributed by atoms with Gasteiger partial charge in [0.15, 0.2) is 0 Å². The fourth-order valence-corrected chi connectivity index (χ4v) is 3.48. The van der Waals surface area contributed by atoms with E-state index in [9.17, 15) is 9.90 Å². The van der Waals surface area contributed by atoms with Crippen molar-refractivity contribution in [3.63, 3.8) is 0 Å². The van der Waals surface area contributed by atoms with Gasteiger partial charge in [-0.15, -0.1) is 11.8 Å². The van der Waals surface area contributed by atoms with Crippen molar-refractivity contribution >= 4 is 17.7 Å². The normalized spacial score (nSPS) is 13.1. The highest BCUT2D eigenvalue weighted by Crippen LogP contribution is 2.28. The molecular formula is C20H25NO3S. The van der Waals surface area contributed by atoms with Crippen LogP contribution in [0, 0.1) is 0 Å². The number of rotatable bonds is 8. The molecule has 4 nitrogen and oxygen atoms in total. The van der Waals surface area contributed by atoms with Crippen LogP contribution in [-0.2, 0) is 4.79 Å². The molecule has 0 spiro atoms. The van der Waals surface area contributed by atoms with Crippen LogP contribution in [0.5, 0.6) is 5.75 Å². The number of benzene rings is 2. The van der Waals surface area contributed by atoms with Gasteiger partial charge in [0, 0.05) is 18.4 Å². The second kappa shape index (κ2) is 9.49. The number of methoxy groups -OCH3 is 1. The fourth-order valence-electron chi connectivity index (χ4n) is 2.57. The summed E-state index contributed by atoms with van der Waals surface area (Å²) in [7, 11) is 3.43. The summed E-state index contributed by atoms with van der Waals surface area (Å²) < 4.78 is 5.38. The van der Waals surface area contributed by atoms with Gasteiger partial charge >= 0.3 is 0 Å². The number of hydrogen-bond donors (Lipinski definition) is 1. The number of aliphatic hydroxyl groups is 1. The number of amides is 1. The fraction of sp³-hybridized carbons (Fsp3) is 0.350. The van der Waals surface area contributed by atoms with Gasteiger partial charge in [0.05, 0.1) is 25.0 Å². The molecule has 0 bridgehead atoms. The molecule has 0 aliphatic rings. The molecule has 2 rings (SSSR count). The molecule has 1 amide bonds. The zero-order valence-electron chi connectivity index (χ0n) is 14.9. The average Bonchev–Trinajstić information content (AvgIpc) is 2.67. The van der Waals surface area contributed by atoms with E-state index in [1.807, 2.05) is 61.5 Å². The average molecular weight is 359 g/mol. The first-order valence-corrected chi connectivity index (χ1v) is 9.39. The Balaban J connectivity index is 1.87. The predicted molar refractivity (Wildman–Crippen MR) is 103 cm³/mol. The lowest BCUT2D eigenvalue weighted by molar-refractivity contribution is -0.128. The van der Waals surface area contributed by atoms with Gasteiger partial charge in [-0.3, -0.25) is 4.79 Å². The lowest BCUT2D eigenvalue weighted by Gasteiger charge is -2.26. The first kappa shape index (κ1) is 19.3. The highest BCUT2D eigenvalue weighted by Gasteiger charge is 2.20. The Labute approximate surface area is 153 Å². The number of aliphatic hydroxyl groups excluding tert-OH is 1. The summed E-state index contributed by atoms with van der Waals surface area (Å²) in [5.74, 6) is 1.64. The maximum atomic E-state index is 12.5. The number of carbonyl (C=O) groups is 1. The van der Waals surface area contributed by atoms with Crippen LogP contribution in [0.3, 0.4) is 0 Å². The Bertz CT molecular complexity index is 678. The van der Waals surface area contributed by atoms with Gasteiger partial charge in [-0.2, -0.15) is 0 Å².